The molecule has 1 aromatic carbocycles. The average Bonchev–Trinajstić information content (AvgIpc) is 3.16. The predicted molar refractivity (Wildman–Crippen MR) is 95.3 cm³/mol. The van der Waals surface area contributed by atoms with Gasteiger partial charge < -0.3 is 20.6 Å². The van der Waals surface area contributed by atoms with Crippen molar-refractivity contribution in [2.75, 3.05) is 0 Å². The number of hydrogen-bond acceptors (Lipinski definition) is 5. The van der Waals surface area contributed by atoms with Gasteiger partial charge in [0.15, 0.2) is 11.7 Å². The molecule has 1 saturated carbocycles. The van der Waals surface area contributed by atoms with E-state index >= 15 is 0 Å². The first-order chi connectivity index (χ1) is 11.6. The molecule has 1 aliphatic rings. The van der Waals surface area contributed by atoms with Crippen LogP contribution in [0.15, 0.2) is 35.0 Å². The highest BCUT2D eigenvalue weighted by molar-refractivity contribution is 5.85. The molecule has 0 bridgehead atoms. The van der Waals surface area contributed by atoms with Crippen molar-refractivity contribution in [3.63, 3.8) is 0 Å². The van der Waals surface area contributed by atoms with Gasteiger partial charge in [-0.3, -0.25) is 0 Å². The lowest BCUT2D eigenvalue weighted by Gasteiger charge is -2.15. The molecule has 2 aromatic rings. The van der Waals surface area contributed by atoms with E-state index in [-0.39, 0.29) is 12.2 Å². The molecule has 1 aliphatic carbocycles. The Bertz CT molecular complexity index is 741. The molecule has 0 saturated heterocycles. The van der Waals surface area contributed by atoms with E-state index in [1.807, 2.05) is 31.2 Å². The fraction of sp³-hybridized carbons (Fsp3) is 0.444. The molecular formula is C18H24N4O2. The summed E-state index contributed by atoms with van der Waals surface area (Å²) in [5.41, 5.74) is 9.04. The van der Waals surface area contributed by atoms with Gasteiger partial charge in [-0.05, 0) is 31.9 Å². The van der Waals surface area contributed by atoms with Crippen molar-refractivity contribution in [1.82, 2.24) is 9.97 Å². The number of aliphatic hydroxyl groups is 1. The first-order valence-electron chi connectivity index (χ1n) is 8.40. The molecule has 1 fully saturated rings. The van der Waals surface area contributed by atoms with Crippen molar-refractivity contribution in [3.05, 3.63) is 35.8 Å². The van der Waals surface area contributed by atoms with Crippen LogP contribution in [-0.4, -0.2) is 33.2 Å². The van der Waals surface area contributed by atoms with Crippen molar-refractivity contribution >= 4 is 22.6 Å². The second kappa shape index (κ2) is 7.05. The summed E-state index contributed by atoms with van der Waals surface area (Å²) >= 11 is 0. The molecule has 0 amide bonds. The Morgan fingerprint density at radius 1 is 1.42 bits per heavy atom. The highest BCUT2D eigenvalue weighted by Gasteiger charge is 2.25. The lowest BCUT2D eigenvalue weighted by atomic mass is 10.3. The van der Waals surface area contributed by atoms with Gasteiger partial charge >= 0.3 is 0 Å². The monoisotopic (exact) mass is 328 g/mol. The molecule has 128 valence electrons. The van der Waals surface area contributed by atoms with Crippen molar-refractivity contribution in [1.29, 1.82) is 0 Å². The first-order valence-corrected chi connectivity index (χ1v) is 8.40. The molecule has 2 atom stereocenters. The van der Waals surface area contributed by atoms with Crippen molar-refractivity contribution in [2.24, 2.45) is 10.7 Å². The van der Waals surface area contributed by atoms with Gasteiger partial charge in [0.05, 0.1) is 17.1 Å². The lowest BCUT2D eigenvalue weighted by molar-refractivity contribution is 0.142. The van der Waals surface area contributed by atoms with Crippen LogP contribution in [0, 0.1) is 0 Å². The maximum Gasteiger partial charge on any atom is 0.188 e. The zero-order valence-electron chi connectivity index (χ0n) is 14.1. The standard InChI is InChI=1S/C18H24N4O2/c1-3-16(24-13-9-8-12(23)10-13)22-17(11(2)19)18-20-14-6-4-5-7-15(14)21-18/h4-7,12-13,23H,3,8-10,19H2,1-2H3,(H,20,21)/b17-11+,22-16?/t12-,13+/m0/s1. The second-order valence-corrected chi connectivity index (χ2v) is 6.20. The number of aromatic nitrogens is 2. The second-order valence-electron chi connectivity index (χ2n) is 6.20. The molecule has 0 unspecified atom stereocenters. The molecule has 6 nitrogen and oxygen atoms in total. The minimum Gasteiger partial charge on any atom is -0.477 e. The van der Waals surface area contributed by atoms with E-state index in [0.29, 0.717) is 36.0 Å². The van der Waals surface area contributed by atoms with Gasteiger partial charge in [-0.1, -0.05) is 19.1 Å². The summed E-state index contributed by atoms with van der Waals surface area (Å²) in [6, 6.07) is 7.81. The van der Waals surface area contributed by atoms with E-state index in [4.69, 9.17) is 10.5 Å². The van der Waals surface area contributed by atoms with E-state index in [2.05, 4.69) is 15.0 Å². The number of aliphatic imine (C=N–C) groups is 1. The molecule has 24 heavy (non-hydrogen) atoms. The number of nitrogens with one attached hydrogen (secondary N) is 1. The minimum atomic E-state index is -0.269. The van der Waals surface area contributed by atoms with E-state index in [0.717, 1.165) is 23.9 Å². The van der Waals surface area contributed by atoms with Crippen LogP contribution in [0.4, 0.5) is 0 Å². The smallest absolute Gasteiger partial charge is 0.188 e. The number of aliphatic hydroxyl groups excluding tert-OH is 1. The number of H-pyrrole nitrogens is 1. The minimum absolute atomic E-state index is 0.0219. The number of rotatable bonds is 4. The molecule has 3 rings (SSSR count). The molecule has 1 heterocycles. The Hall–Kier alpha value is -2.34. The number of fused-ring (bicyclic) bond motifs is 1. The predicted octanol–water partition coefficient (Wildman–Crippen LogP) is 2.95. The zero-order chi connectivity index (χ0) is 17.1. The van der Waals surface area contributed by atoms with Crippen LogP contribution < -0.4 is 5.73 Å². The average molecular weight is 328 g/mol. The first kappa shape index (κ1) is 16.5. The summed E-state index contributed by atoms with van der Waals surface area (Å²) in [5.74, 6) is 1.26. The third-order valence-corrected chi connectivity index (χ3v) is 4.19. The van der Waals surface area contributed by atoms with E-state index in [1.165, 1.54) is 0 Å². The van der Waals surface area contributed by atoms with Crippen molar-refractivity contribution < 1.29 is 9.84 Å². The third-order valence-electron chi connectivity index (χ3n) is 4.19. The topological polar surface area (TPSA) is 96.5 Å². The summed E-state index contributed by atoms with van der Waals surface area (Å²) in [6.07, 6.45) is 2.70. The maximum absolute atomic E-state index is 9.65. The fourth-order valence-corrected chi connectivity index (χ4v) is 2.92. The van der Waals surface area contributed by atoms with Crippen LogP contribution in [0.1, 0.15) is 45.4 Å². The van der Waals surface area contributed by atoms with Gasteiger partial charge in [0.2, 0.25) is 0 Å². The SMILES string of the molecule is CCC(=N/C(=C(\C)N)c1nc2ccccc2[nH]1)O[C@@H]1CC[C@H](O)C1. The number of imidazole rings is 1. The Morgan fingerprint density at radius 2 is 2.21 bits per heavy atom. The van der Waals surface area contributed by atoms with E-state index < -0.39 is 0 Å². The van der Waals surface area contributed by atoms with Gasteiger partial charge in [-0.25, -0.2) is 9.98 Å². The lowest BCUT2D eigenvalue weighted by Crippen LogP contribution is -2.16. The Morgan fingerprint density at radius 3 is 2.83 bits per heavy atom. The summed E-state index contributed by atoms with van der Waals surface area (Å²) in [6.45, 7) is 3.80. The molecule has 0 aliphatic heterocycles. The number of nitrogens with two attached hydrogens (primary N) is 1. The highest BCUT2D eigenvalue weighted by atomic mass is 16.5. The van der Waals surface area contributed by atoms with Crippen LogP contribution >= 0.6 is 0 Å². The van der Waals surface area contributed by atoms with Crippen LogP contribution in [0.25, 0.3) is 16.7 Å². The number of aromatic amines is 1. The molecule has 0 radical (unpaired) electrons. The summed E-state index contributed by atoms with van der Waals surface area (Å²) in [7, 11) is 0. The quantitative estimate of drug-likeness (QED) is 0.594. The maximum atomic E-state index is 9.65. The van der Waals surface area contributed by atoms with Gasteiger partial charge in [0.25, 0.3) is 0 Å². The number of para-hydroxylation sites is 2. The Balaban J connectivity index is 1.88. The number of nitrogens with zero attached hydrogens (tertiary/aromatic N) is 2. The van der Waals surface area contributed by atoms with Crippen LogP contribution in [0.2, 0.25) is 0 Å². The number of allylic oxidation sites excluding steroid dienone is 1. The van der Waals surface area contributed by atoms with Gasteiger partial charge in [0.1, 0.15) is 11.8 Å². The fourth-order valence-electron chi connectivity index (χ4n) is 2.92. The Labute approximate surface area is 141 Å². The number of benzene rings is 1. The molecule has 0 spiro atoms. The van der Waals surface area contributed by atoms with E-state index in [1.54, 1.807) is 6.92 Å². The molecule has 1 aromatic heterocycles. The van der Waals surface area contributed by atoms with E-state index in [9.17, 15) is 5.11 Å². The number of hydrogen-bond donors (Lipinski definition) is 3. The summed E-state index contributed by atoms with van der Waals surface area (Å²) < 4.78 is 5.97. The van der Waals surface area contributed by atoms with Gasteiger partial charge in [0, 0.05) is 18.5 Å². The highest BCUT2D eigenvalue weighted by Crippen LogP contribution is 2.24. The van der Waals surface area contributed by atoms with Crippen LogP contribution in [-0.2, 0) is 4.74 Å². The Kier molecular flexibility index (Phi) is 4.85. The summed E-state index contributed by atoms with van der Waals surface area (Å²) in [5, 5.41) is 9.65. The molecule has 4 N–H and O–H groups in total. The zero-order valence-corrected chi connectivity index (χ0v) is 14.1. The van der Waals surface area contributed by atoms with Crippen molar-refractivity contribution in [2.45, 2.75) is 51.7 Å². The van der Waals surface area contributed by atoms with Crippen molar-refractivity contribution in [3.8, 4) is 0 Å². The molecular weight excluding hydrogens is 304 g/mol. The van der Waals surface area contributed by atoms with Crippen LogP contribution in [0.3, 0.4) is 0 Å². The third kappa shape index (κ3) is 3.59. The van der Waals surface area contributed by atoms with Gasteiger partial charge in [-0.2, -0.15) is 0 Å². The number of ether oxygens (including phenoxy) is 1. The van der Waals surface area contributed by atoms with Gasteiger partial charge in [-0.15, -0.1) is 0 Å². The normalized spacial score (nSPS) is 22.7. The summed E-state index contributed by atoms with van der Waals surface area (Å²) in [4.78, 5) is 12.4. The van der Waals surface area contributed by atoms with Crippen LogP contribution in [0.5, 0.6) is 0 Å². The molecule has 6 heteroatoms. The largest absolute Gasteiger partial charge is 0.477 e.